The lowest BCUT2D eigenvalue weighted by molar-refractivity contribution is 0.556. The molecular weight excluding hydrogens is 239 g/mol. The summed E-state index contributed by atoms with van der Waals surface area (Å²) in [4.78, 5) is 0. The van der Waals surface area contributed by atoms with Crippen LogP contribution in [0.15, 0.2) is 60.7 Å². The first kappa shape index (κ1) is 13.0. The van der Waals surface area contributed by atoms with Crippen molar-refractivity contribution in [2.45, 2.75) is 24.9 Å². The molecule has 1 nitrogen and oxygen atoms in total. The number of hydrogen-bond donors (Lipinski definition) is 0. The Hall–Kier alpha value is -1.46. The Labute approximate surface area is 110 Å². The van der Waals surface area contributed by atoms with Gasteiger partial charge in [-0.15, -0.1) is 0 Å². The first-order valence-corrected chi connectivity index (χ1v) is 7.10. The van der Waals surface area contributed by atoms with Crippen molar-refractivity contribution in [3.63, 3.8) is 0 Å². The zero-order valence-electron chi connectivity index (χ0n) is 10.5. The molecular formula is C16H17OP. The van der Waals surface area contributed by atoms with Crippen molar-refractivity contribution < 1.29 is 4.57 Å². The topological polar surface area (TPSA) is 17.1 Å². The molecule has 0 heterocycles. The summed E-state index contributed by atoms with van der Waals surface area (Å²) in [5.74, 6) is 0. The van der Waals surface area contributed by atoms with Crippen LogP contribution in [-0.2, 0) is 9.72 Å². The molecule has 0 aliphatic carbocycles. The molecule has 2 rings (SSSR count). The quantitative estimate of drug-likeness (QED) is 0.686. The zero-order valence-corrected chi connectivity index (χ0v) is 11.4. The Kier molecular flexibility index (Phi) is 4.28. The number of benzene rings is 2. The highest BCUT2D eigenvalue weighted by Crippen LogP contribution is 2.45. The van der Waals surface area contributed by atoms with Crippen LogP contribution in [0.2, 0.25) is 0 Å². The second-order valence-corrected chi connectivity index (χ2v) is 5.38. The molecule has 2 aromatic carbocycles. The zero-order chi connectivity index (χ0) is 12.8. The highest BCUT2D eigenvalue weighted by atomic mass is 31.1. The van der Waals surface area contributed by atoms with Crippen molar-refractivity contribution in [2.75, 3.05) is 0 Å². The third-order valence-corrected chi connectivity index (χ3v) is 4.32. The molecule has 92 valence electrons. The van der Waals surface area contributed by atoms with Gasteiger partial charge < -0.3 is 0 Å². The Morgan fingerprint density at radius 1 is 0.889 bits per heavy atom. The van der Waals surface area contributed by atoms with Gasteiger partial charge in [0.2, 0.25) is 0 Å². The van der Waals surface area contributed by atoms with E-state index in [1.54, 1.807) is 0 Å². The predicted octanol–water partition coefficient (Wildman–Crippen LogP) is 5.02. The monoisotopic (exact) mass is 256 g/mol. The van der Waals surface area contributed by atoms with Crippen molar-refractivity contribution in [2.24, 2.45) is 0 Å². The molecule has 0 aliphatic rings. The predicted molar refractivity (Wildman–Crippen MR) is 76.2 cm³/mol. The molecule has 0 spiro atoms. The minimum Gasteiger partial charge on any atom is -0.274 e. The molecule has 0 radical (unpaired) electrons. The summed E-state index contributed by atoms with van der Waals surface area (Å²) in [5.41, 5.74) is 2.24. The van der Waals surface area contributed by atoms with E-state index in [4.69, 9.17) is 0 Å². The Balaban J connectivity index is 2.57. The first-order valence-electron chi connectivity index (χ1n) is 6.29. The highest BCUT2D eigenvalue weighted by Gasteiger charge is 2.34. The highest BCUT2D eigenvalue weighted by molar-refractivity contribution is 7.26. The second kappa shape index (κ2) is 5.93. The fourth-order valence-corrected chi connectivity index (χ4v) is 3.22. The second-order valence-electron chi connectivity index (χ2n) is 4.43. The van der Waals surface area contributed by atoms with Gasteiger partial charge in [0.05, 0.1) is 0 Å². The van der Waals surface area contributed by atoms with E-state index in [0.29, 0.717) is 0 Å². The van der Waals surface area contributed by atoms with Crippen LogP contribution in [0.5, 0.6) is 0 Å². The molecule has 18 heavy (non-hydrogen) atoms. The summed E-state index contributed by atoms with van der Waals surface area (Å²) in [7, 11) is 0.165. The van der Waals surface area contributed by atoms with Crippen LogP contribution in [0.3, 0.4) is 0 Å². The molecule has 0 amide bonds. The molecule has 0 saturated heterocycles. The third-order valence-electron chi connectivity index (χ3n) is 3.27. The lowest BCUT2D eigenvalue weighted by atomic mass is 9.86. The van der Waals surface area contributed by atoms with Gasteiger partial charge in [0, 0.05) is 0 Å². The Morgan fingerprint density at radius 3 is 1.67 bits per heavy atom. The average molecular weight is 256 g/mol. The van der Waals surface area contributed by atoms with Crippen molar-refractivity contribution in [3.8, 4) is 0 Å². The van der Waals surface area contributed by atoms with Gasteiger partial charge in [0.25, 0.3) is 0 Å². The van der Waals surface area contributed by atoms with Crippen molar-refractivity contribution >= 4 is 8.46 Å². The van der Waals surface area contributed by atoms with Crippen LogP contribution in [0.4, 0.5) is 0 Å². The maximum Gasteiger partial charge on any atom is 0.171 e. The molecule has 0 bridgehead atoms. The van der Waals surface area contributed by atoms with E-state index in [-0.39, 0.29) is 8.46 Å². The smallest absolute Gasteiger partial charge is 0.171 e. The van der Waals surface area contributed by atoms with E-state index in [1.807, 2.05) is 36.4 Å². The van der Waals surface area contributed by atoms with E-state index in [0.717, 1.165) is 24.0 Å². The van der Waals surface area contributed by atoms with E-state index in [1.165, 1.54) is 0 Å². The maximum atomic E-state index is 11.9. The van der Waals surface area contributed by atoms with E-state index >= 15 is 0 Å². The Bertz CT molecular complexity index is 454. The van der Waals surface area contributed by atoms with Gasteiger partial charge in [-0.05, 0) is 17.5 Å². The molecule has 0 aliphatic heterocycles. The van der Waals surface area contributed by atoms with Gasteiger partial charge in [-0.25, -0.2) is 0 Å². The van der Waals surface area contributed by atoms with Gasteiger partial charge in [-0.2, -0.15) is 0 Å². The summed E-state index contributed by atoms with van der Waals surface area (Å²) >= 11 is 0. The summed E-state index contributed by atoms with van der Waals surface area (Å²) in [6, 6.07) is 20.3. The molecule has 0 atom stereocenters. The number of hydrogen-bond acceptors (Lipinski definition) is 1. The lowest BCUT2D eigenvalue weighted by Crippen LogP contribution is -2.20. The van der Waals surface area contributed by atoms with Crippen molar-refractivity contribution in [3.05, 3.63) is 71.8 Å². The molecule has 0 unspecified atom stereocenters. The SMILES string of the molecule is CCCC(P=O)(c1ccccc1)c1ccccc1. The molecule has 2 aromatic rings. The maximum absolute atomic E-state index is 11.9. The minimum absolute atomic E-state index is 0.165. The van der Waals surface area contributed by atoms with Crippen LogP contribution >= 0.6 is 8.46 Å². The standard InChI is InChI=1S/C16H17OP/c1-2-13-16(18-17,14-9-5-3-6-10-14)15-11-7-4-8-12-15/h3-12H,2,13H2,1H3. The van der Waals surface area contributed by atoms with E-state index in [9.17, 15) is 4.57 Å². The van der Waals surface area contributed by atoms with Gasteiger partial charge >= 0.3 is 0 Å². The summed E-state index contributed by atoms with van der Waals surface area (Å²) < 4.78 is 11.9. The van der Waals surface area contributed by atoms with Crippen molar-refractivity contribution in [1.82, 2.24) is 0 Å². The summed E-state index contributed by atoms with van der Waals surface area (Å²) in [6.45, 7) is 2.13. The molecule has 0 fully saturated rings. The fraction of sp³-hybridized carbons (Fsp3) is 0.250. The molecule has 0 aromatic heterocycles. The summed E-state index contributed by atoms with van der Waals surface area (Å²) in [5, 5.41) is -0.405. The molecule has 2 heteroatoms. The van der Waals surface area contributed by atoms with Gasteiger partial charge in [0.15, 0.2) is 8.46 Å². The van der Waals surface area contributed by atoms with Crippen LogP contribution < -0.4 is 0 Å². The lowest BCUT2D eigenvalue weighted by Gasteiger charge is -2.27. The summed E-state index contributed by atoms with van der Waals surface area (Å²) in [6.07, 6.45) is 1.88. The number of rotatable bonds is 5. The molecule has 0 saturated carbocycles. The largest absolute Gasteiger partial charge is 0.274 e. The van der Waals surface area contributed by atoms with Gasteiger partial charge in [-0.1, -0.05) is 74.0 Å². The normalized spacial score (nSPS) is 11.6. The first-order chi connectivity index (χ1) is 8.83. The average Bonchev–Trinajstić information content (AvgIpc) is 2.47. The van der Waals surface area contributed by atoms with Crippen LogP contribution in [0.1, 0.15) is 30.9 Å². The minimum atomic E-state index is -0.405. The van der Waals surface area contributed by atoms with Crippen LogP contribution in [-0.4, -0.2) is 0 Å². The third kappa shape index (κ3) is 2.37. The molecule has 0 N–H and O–H groups in total. The van der Waals surface area contributed by atoms with Crippen LogP contribution in [0.25, 0.3) is 0 Å². The Morgan fingerprint density at radius 2 is 1.33 bits per heavy atom. The van der Waals surface area contributed by atoms with Gasteiger partial charge in [-0.3, -0.25) is 4.57 Å². The van der Waals surface area contributed by atoms with E-state index < -0.39 is 5.16 Å². The van der Waals surface area contributed by atoms with Crippen LogP contribution in [0, 0.1) is 0 Å². The van der Waals surface area contributed by atoms with Crippen molar-refractivity contribution in [1.29, 1.82) is 0 Å². The van der Waals surface area contributed by atoms with Gasteiger partial charge in [0.1, 0.15) is 5.16 Å². The fourth-order valence-electron chi connectivity index (χ4n) is 2.40. The van der Waals surface area contributed by atoms with E-state index in [2.05, 4.69) is 31.2 Å².